The minimum absolute atomic E-state index is 0.110. The molecule has 0 bridgehead atoms. The number of hydrogen-bond acceptors (Lipinski definition) is 5. The van der Waals surface area contributed by atoms with Crippen LogP contribution < -0.4 is 10.2 Å². The van der Waals surface area contributed by atoms with Crippen molar-refractivity contribution in [2.24, 2.45) is 5.92 Å². The van der Waals surface area contributed by atoms with Crippen molar-refractivity contribution in [3.05, 3.63) is 124 Å². The molecule has 39 heavy (non-hydrogen) atoms. The number of anilines is 2. The van der Waals surface area contributed by atoms with Crippen LogP contribution in [0.5, 0.6) is 0 Å². The zero-order valence-corrected chi connectivity index (χ0v) is 21.7. The maximum Gasteiger partial charge on any atom is 0.238 e. The van der Waals surface area contributed by atoms with Gasteiger partial charge in [0.15, 0.2) is 11.5 Å². The Hall–Kier alpha value is -4.42. The fraction of sp³-hybridized carbons (Fsp3) is 0.156. The van der Waals surface area contributed by atoms with Gasteiger partial charge in [0, 0.05) is 22.0 Å². The second-order valence-corrected chi connectivity index (χ2v) is 10.7. The Balaban J connectivity index is 1.54. The molecule has 1 spiro atoms. The van der Waals surface area contributed by atoms with Crippen molar-refractivity contribution >= 4 is 46.5 Å². The lowest BCUT2D eigenvalue weighted by Gasteiger charge is -2.37. The number of carbonyl (C=O) groups is 3. The van der Waals surface area contributed by atoms with Crippen molar-refractivity contribution in [2.75, 3.05) is 10.2 Å². The predicted molar refractivity (Wildman–Crippen MR) is 149 cm³/mol. The summed E-state index contributed by atoms with van der Waals surface area (Å²) in [6, 6.07) is 21.7. The van der Waals surface area contributed by atoms with E-state index in [4.69, 9.17) is 16.0 Å². The number of carbonyl (C=O) groups excluding carboxylic acids is 3. The van der Waals surface area contributed by atoms with Gasteiger partial charge in [0.1, 0.15) is 11.5 Å². The van der Waals surface area contributed by atoms with E-state index in [0.717, 1.165) is 16.8 Å². The number of amides is 1. The first kappa shape index (κ1) is 23.7. The van der Waals surface area contributed by atoms with Gasteiger partial charge in [0.2, 0.25) is 11.7 Å². The largest absolute Gasteiger partial charge is 0.461 e. The SMILES string of the molecule is Cc1ccc2c(c1)C=CC1N2C(C(=O)c2ccc(Cl)cc2)C(C(=O)c2ccco2)C12C(=O)Nc1ccccc12. The fourth-order valence-electron chi connectivity index (χ4n) is 6.66. The van der Waals surface area contributed by atoms with Gasteiger partial charge in [-0.15, -0.1) is 0 Å². The van der Waals surface area contributed by atoms with Crippen molar-refractivity contribution in [1.82, 2.24) is 0 Å². The van der Waals surface area contributed by atoms with Crippen LogP contribution in [0.4, 0.5) is 11.4 Å². The monoisotopic (exact) mass is 534 g/mol. The number of rotatable bonds is 4. The highest BCUT2D eigenvalue weighted by atomic mass is 35.5. The smallest absolute Gasteiger partial charge is 0.238 e. The number of fused-ring (bicyclic) bond motifs is 6. The summed E-state index contributed by atoms with van der Waals surface area (Å²) >= 11 is 6.14. The quantitative estimate of drug-likeness (QED) is 0.320. The molecule has 1 N–H and O–H groups in total. The summed E-state index contributed by atoms with van der Waals surface area (Å²) in [5.74, 6) is -1.93. The van der Waals surface area contributed by atoms with Crippen molar-refractivity contribution in [3.63, 3.8) is 0 Å². The first-order valence-corrected chi connectivity index (χ1v) is 13.1. The van der Waals surface area contributed by atoms with Crippen molar-refractivity contribution in [3.8, 4) is 0 Å². The standard InChI is InChI=1S/C32H23ClN2O4/c1-18-8-14-24-20(17-18)11-15-26-32(22-5-2-3-6-23(22)34-31(32)38)27(30(37)25-7-4-16-39-25)28(35(24)26)29(36)19-9-12-21(33)13-10-19/h2-17,26-28H,1H3,(H,34,38). The van der Waals surface area contributed by atoms with Crippen LogP contribution in [0, 0.1) is 12.8 Å². The molecule has 1 aromatic heterocycles. The molecule has 1 fully saturated rings. The van der Waals surface area contributed by atoms with Gasteiger partial charge in [-0.3, -0.25) is 14.4 Å². The summed E-state index contributed by atoms with van der Waals surface area (Å²) in [5, 5.41) is 3.52. The Labute approximate surface area is 229 Å². The lowest BCUT2D eigenvalue weighted by molar-refractivity contribution is -0.121. The van der Waals surface area contributed by atoms with Crippen LogP contribution in [0.1, 0.15) is 37.6 Å². The van der Waals surface area contributed by atoms with Crippen LogP contribution in [0.2, 0.25) is 5.02 Å². The number of furan rings is 1. The molecule has 192 valence electrons. The minimum Gasteiger partial charge on any atom is -0.461 e. The molecule has 0 radical (unpaired) electrons. The lowest BCUT2D eigenvalue weighted by atomic mass is 9.64. The lowest BCUT2D eigenvalue weighted by Crippen LogP contribution is -2.51. The van der Waals surface area contributed by atoms with Gasteiger partial charge in [-0.25, -0.2) is 0 Å². The Bertz CT molecular complexity index is 1690. The number of hydrogen-bond donors (Lipinski definition) is 1. The van der Waals surface area contributed by atoms with Crippen LogP contribution in [-0.2, 0) is 10.2 Å². The van der Waals surface area contributed by atoms with Crippen LogP contribution >= 0.6 is 11.6 Å². The van der Waals surface area contributed by atoms with Crippen LogP contribution in [0.25, 0.3) is 6.08 Å². The van der Waals surface area contributed by atoms with E-state index >= 15 is 0 Å². The Kier molecular flexibility index (Phi) is 5.19. The van der Waals surface area contributed by atoms with Crippen LogP contribution in [0.15, 0.2) is 95.6 Å². The molecule has 6 nitrogen and oxygen atoms in total. The molecule has 1 amide bonds. The predicted octanol–water partition coefficient (Wildman–Crippen LogP) is 6.10. The molecule has 4 atom stereocenters. The molecule has 7 rings (SSSR count). The minimum atomic E-state index is -1.37. The second-order valence-electron chi connectivity index (χ2n) is 10.3. The van der Waals surface area contributed by atoms with E-state index < -0.39 is 29.2 Å². The normalized spacial score (nSPS) is 24.3. The molecule has 4 unspecified atom stereocenters. The summed E-state index contributed by atoms with van der Waals surface area (Å²) in [6.07, 6.45) is 5.38. The molecule has 4 aromatic rings. The van der Waals surface area contributed by atoms with E-state index in [9.17, 15) is 14.4 Å². The van der Waals surface area contributed by atoms with Gasteiger partial charge >= 0.3 is 0 Å². The summed E-state index contributed by atoms with van der Waals surface area (Å²) in [5.41, 5.74) is 3.17. The number of benzene rings is 3. The topological polar surface area (TPSA) is 79.6 Å². The molecule has 3 aromatic carbocycles. The molecule has 3 aliphatic heterocycles. The van der Waals surface area contributed by atoms with E-state index in [-0.39, 0.29) is 17.5 Å². The third-order valence-corrected chi connectivity index (χ3v) is 8.48. The van der Waals surface area contributed by atoms with E-state index in [1.54, 1.807) is 36.4 Å². The molecule has 3 aliphatic rings. The molecule has 4 heterocycles. The van der Waals surface area contributed by atoms with Gasteiger partial charge in [0.25, 0.3) is 0 Å². The van der Waals surface area contributed by atoms with E-state index in [0.29, 0.717) is 21.8 Å². The summed E-state index contributed by atoms with van der Waals surface area (Å²) < 4.78 is 5.58. The fourth-order valence-corrected chi connectivity index (χ4v) is 6.78. The summed E-state index contributed by atoms with van der Waals surface area (Å²) in [6.45, 7) is 2.01. The summed E-state index contributed by atoms with van der Waals surface area (Å²) in [7, 11) is 0. The number of ketones is 2. The average molecular weight is 535 g/mol. The molecular formula is C32H23ClN2O4. The summed E-state index contributed by atoms with van der Waals surface area (Å²) in [4.78, 5) is 45.1. The van der Waals surface area contributed by atoms with Gasteiger partial charge < -0.3 is 14.6 Å². The highest BCUT2D eigenvalue weighted by Crippen LogP contribution is 2.58. The third kappa shape index (κ3) is 3.25. The number of nitrogens with one attached hydrogen (secondary N) is 1. The number of aryl methyl sites for hydroxylation is 1. The average Bonchev–Trinajstić information content (AvgIpc) is 3.65. The van der Waals surface area contributed by atoms with Gasteiger partial charge in [0.05, 0.1) is 18.2 Å². The molecule has 0 saturated carbocycles. The van der Waals surface area contributed by atoms with E-state index in [2.05, 4.69) is 5.32 Å². The second kappa shape index (κ2) is 8.55. The number of para-hydroxylation sites is 1. The maximum absolute atomic E-state index is 14.5. The molecule has 1 saturated heterocycles. The van der Waals surface area contributed by atoms with Crippen molar-refractivity contribution in [2.45, 2.75) is 24.4 Å². The zero-order chi connectivity index (χ0) is 26.9. The van der Waals surface area contributed by atoms with E-state index in [1.165, 1.54) is 6.26 Å². The highest BCUT2D eigenvalue weighted by molar-refractivity contribution is 6.30. The van der Waals surface area contributed by atoms with E-state index in [1.807, 2.05) is 66.4 Å². The Morgan fingerprint density at radius 2 is 1.77 bits per heavy atom. The van der Waals surface area contributed by atoms with Crippen LogP contribution in [-0.4, -0.2) is 29.6 Å². The molecule has 7 heteroatoms. The van der Waals surface area contributed by atoms with Crippen LogP contribution in [0.3, 0.4) is 0 Å². The first-order valence-electron chi connectivity index (χ1n) is 12.8. The number of nitrogens with zero attached hydrogens (tertiary/aromatic N) is 1. The van der Waals surface area contributed by atoms with Gasteiger partial charge in [-0.1, -0.05) is 53.6 Å². The van der Waals surface area contributed by atoms with Gasteiger partial charge in [-0.05, 0) is 72.6 Å². The zero-order valence-electron chi connectivity index (χ0n) is 20.9. The van der Waals surface area contributed by atoms with Gasteiger partial charge in [-0.2, -0.15) is 0 Å². The number of halogens is 1. The van der Waals surface area contributed by atoms with Crippen molar-refractivity contribution < 1.29 is 18.8 Å². The first-order chi connectivity index (χ1) is 18.9. The molecular weight excluding hydrogens is 512 g/mol. The highest BCUT2D eigenvalue weighted by Gasteiger charge is 2.70. The maximum atomic E-state index is 14.5. The Morgan fingerprint density at radius 3 is 2.54 bits per heavy atom. The third-order valence-electron chi connectivity index (χ3n) is 8.23. The number of Topliss-reactive ketones (excluding diaryl/α,β-unsaturated/α-hetero) is 2. The Morgan fingerprint density at radius 1 is 0.974 bits per heavy atom. The van der Waals surface area contributed by atoms with Crippen molar-refractivity contribution in [1.29, 1.82) is 0 Å². The molecule has 0 aliphatic carbocycles.